The Balaban J connectivity index is 2.14. The molecule has 0 aliphatic carbocycles. The Bertz CT molecular complexity index is 747. The number of nitrogens with one attached hydrogen (secondary N) is 1. The molecular weight excluding hydrogens is 312 g/mol. The van der Waals surface area contributed by atoms with E-state index in [1.807, 2.05) is 6.07 Å². The van der Waals surface area contributed by atoms with Gasteiger partial charge in [-0.15, -0.1) is 0 Å². The summed E-state index contributed by atoms with van der Waals surface area (Å²) < 4.78 is 28.0. The van der Waals surface area contributed by atoms with Crippen LogP contribution in [0.1, 0.15) is 27.5 Å². The lowest BCUT2D eigenvalue weighted by molar-refractivity contribution is 0.0940. The molecule has 2 aromatic carbocycles. The highest BCUT2D eigenvalue weighted by Gasteiger charge is 2.22. The number of rotatable bonds is 5. The van der Waals surface area contributed by atoms with Crippen molar-refractivity contribution < 1.29 is 13.6 Å². The van der Waals surface area contributed by atoms with E-state index in [2.05, 4.69) is 5.32 Å². The first-order chi connectivity index (χ1) is 11.4. The molecule has 0 aliphatic heterocycles. The van der Waals surface area contributed by atoms with Crippen LogP contribution in [-0.2, 0) is 0 Å². The predicted octanol–water partition coefficient (Wildman–Crippen LogP) is 2.87. The highest BCUT2D eigenvalue weighted by Crippen LogP contribution is 2.24. The molecule has 1 N–H and O–H groups in total. The van der Waals surface area contributed by atoms with Crippen LogP contribution in [0.15, 0.2) is 42.5 Å². The molecule has 0 fully saturated rings. The molecule has 2 rings (SSSR count). The third-order valence-electron chi connectivity index (χ3n) is 3.69. The number of hydrogen-bond donors (Lipinski definition) is 1. The van der Waals surface area contributed by atoms with Gasteiger partial charge in [-0.25, -0.2) is 8.78 Å². The summed E-state index contributed by atoms with van der Waals surface area (Å²) in [6.45, 7) is 0.0453. The molecule has 0 aromatic heterocycles. The van der Waals surface area contributed by atoms with E-state index < -0.39 is 17.7 Å². The average Bonchev–Trinajstić information content (AvgIpc) is 2.57. The van der Waals surface area contributed by atoms with E-state index in [-0.39, 0.29) is 18.0 Å². The van der Waals surface area contributed by atoms with Gasteiger partial charge in [0.25, 0.3) is 5.91 Å². The van der Waals surface area contributed by atoms with Gasteiger partial charge in [0.2, 0.25) is 0 Å². The van der Waals surface area contributed by atoms with Gasteiger partial charge in [-0.05, 0) is 50.5 Å². The molecule has 1 amide bonds. The molecule has 0 spiro atoms. The van der Waals surface area contributed by atoms with E-state index in [1.165, 1.54) is 42.5 Å². The quantitative estimate of drug-likeness (QED) is 0.918. The number of amides is 1. The second-order valence-corrected chi connectivity index (χ2v) is 5.51. The molecule has 0 radical (unpaired) electrons. The van der Waals surface area contributed by atoms with Gasteiger partial charge in [0, 0.05) is 17.7 Å². The van der Waals surface area contributed by atoms with Crippen LogP contribution in [0.2, 0.25) is 0 Å². The Labute approximate surface area is 139 Å². The van der Waals surface area contributed by atoms with Crippen LogP contribution in [0.25, 0.3) is 0 Å². The highest BCUT2D eigenvalue weighted by molar-refractivity contribution is 5.94. The topological polar surface area (TPSA) is 56.1 Å². The van der Waals surface area contributed by atoms with Crippen molar-refractivity contribution in [1.29, 1.82) is 5.26 Å². The molecule has 124 valence electrons. The van der Waals surface area contributed by atoms with Crippen molar-refractivity contribution in [3.63, 3.8) is 0 Å². The summed E-state index contributed by atoms with van der Waals surface area (Å²) in [5.74, 6) is -1.68. The van der Waals surface area contributed by atoms with Gasteiger partial charge < -0.3 is 10.2 Å². The summed E-state index contributed by atoms with van der Waals surface area (Å²) in [6.07, 6.45) is 0. The van der Waals surface area contributed by atoms with Gasteiger partial charge in [-0.3, -0.25) is 4.79 Å². The third-order valence-corrected chi connectivity index (χ3v) is 3.69. The Kier molecular flexibility index (Phi) is 5.61. The van der Waals surface area contributed by atoms with E-state index in [4.69, 9.17) is 5.26 Å². The molecule has 0 saturated heterocycles. The van der Waals surface area contributed by atoms with Crippen molar-refractivity contribution in [2.75, 3.05) is 20.6 Å². The van der Waals surface area contributed by atoms with E-state index in [0.717, 1.165) is 0 Å². The van der Waals surface area contributed by atoms with Crippen LogP contribution in [0.3, 0.4) is 0 Å². The molecule has 1 unspecified atom stereocenters. The molecule has 0 aliphatic rings. The molecule has 0 bridgehead atoms. The maximum Gasteiger partial charge on any atom is 0.251 e. The van der Waals surface area contributed by atoms with Gasteiger partial charge in [-0.2, -0.15) is 5.26 Å². The smallest absolute Gasteiger partial charge is 0.251 e. The van der Waals surface area contributed by atoms with E-state index in [1.54, 1.807) is 19.0 Å². The molecular formula is C18H17F2N3O. The van der Waals surface area contributed by atoms with Crippen LogP contribution in [0, 0.1) is 23.0 Å². The highest BCUT2D eigenvalue weighted by atomic mass is 19.1. The van der Waals surface area contributed by atoms with Gasteiger partial charge in [0.1, 0.15) is 11.6 Å². The summed E-state index contributed by atoms with van der Waals surface area (Å²) >= 11 is 0. The number of halogens is 2. The van der Waals surface area contributed by atoms with E-state index >= 15 is 0 Å². The minimum Gasteiger partial charge on any atom is -0.350 e. The van der Waals surface area contributed by atoms with Crippen molar-refractivity contribution in [1.82, 2.24) is 10.2 Å². The van der Waals surface area contributed by atoms with Gasteiger partial charge in [-0.1, -0.05) is 6.07 Å². The van der Waals surface area contributed by atoms with Crippen LogP contribution in [0.4, 0.5) is 8.78 Å². The number of carbonyl (C=O) groups is 1. The fourth-order valence-corrected chi connectivity index (χ4v) is 2.36. The monoisotopic (exact) mass is 329 g/mol. The van der Waals surface area contributed by atoms with Gasteiger partial charge in [0.15, 0.2) is 0 Å². The third kappa shape index (κ3) is 3.94. The zero-order chi connectivity index (χ0) is 17.7. The van der Waals surface area contributed by atoms with Crippen molar-refractivity contribution in [2.45, 2.75) is 6.04 Å². The fraction of sp³-hybridized carbons (Fsp3) is 0.222. The molecule has 2 aromatic rings. The van der Waals surface area contributed by atoms with E-state index in [0.29, 0.717) is 11.1 Å². The first-order valence-corrected chi connectivity index (χ1v) is 7.32. The normalized spacial score (nSPS) is 11.8. The zero-order valence-corrected chi connectivity index (χ0v) is 13.4. The molecule has 0 saturated carbocycles. The summed E-state index contributed by atoms with van der Waals surface area (Å²) in [5.41, 5.74) is 0.745. The second-order valence-electron chi connectivity index (χ2n) is 5.51. The maximum atomic E-state index is 14.0. The van der Waals surface area contributed by atoms with E-state index in [9.17, 15) is 13.6 Å². The zero-order valence-electron chi connectivity index (χ0n) is 13.4. The first kappa shape index (κ1) is 17.6. The number of carbonyl (C=O) groups excluding carboxylic acids is 1. The number of likely N-dealkylation sites (N-methyl/N-ethyl adjacent to an activating group) is 1. The molecule has 1 atom stereocenters. The predicted molar refractivity (Wildman–Crippen MR) is 86.3 cm³/mol. The van der Waals surface area contributed by atoms with Crippen LogP contribution < -0.4 is 5.32 Å². The average molecular weight is 329 g/mol. The van der Waals surface area contributed by atoms with Gasteiger partial charge >= 0.3 is 0 Å². The number of benzene rings is 2. The van der Waals surface area contributed by atoms with Crippen molar-refractivity contribution in [3.05, 3.63) is 70.8 Å². The first-order valence-electron chi connectivity index (χ1n) is 7.32. The summed E-state index contributed by atoms with van der Waals surface area (Å²) in [7, 11) is 3.37. The van der Waals surface area contributed by atoms with Crippen molar-refractivity contribution in [3.8, 4) is 6.07 Å². The minimum atomic E-state index is -0.652. The number of hydrogen-bond acceptors (Lipinski definition) is 3. The Hall–Kier alpha value is -2.78. The SMILES string of the molecule is CN(C)C(CNC(=O)c1ccc(C#N)cc1)c1c(F)cccc1F. The minimum absolute atomic E-state index is 0.0453. The van der Waals surface area contributed by atoms with Crippen LogP contribution in [0.5, 0.6) is 0 Å². The summed E-state index contributed by atoms with van der Waals surface area (Å²) in [4.78, 5) is 13.8. The Morgan fingerprint density at radius 1 is 1.17 bits per heavy atom. The lowest BCUT2D eigenvalue weighted by Gasteiger charge is -2.25. The fourth-order valence-electron chi connectivity index (χ4n) is 2.36. The molecule has 4 nitrogen and oxygen atoms in total. The Morgan fingerprint density at radius 2 is 1.75 bits per heavy atom. The summed E-state index contributed by atoms with van der Waals surface area (Å²) in [5, 5.41) is 11.4. The Morgan fingerprint density at radius 3 is 2.25 bits per heavy atom. The number of nitrogens with zero attached hydrogens (tertiary/aromatic N) is 2. The van der Waals surface area contributed by atoms with Crippen molar-refractivity contribution in [2.24, 2.45) is 0 Å². The standard InChI is InChI=1S/C18H17F2N3O/c1-23(2)16(17-14(19)4-3-5-15(17)20)11-22-18(24)13-8-6-12(10-21)7-9-13/h3-9,16H,11H2,1-2H3,(H,22,24). The van der Waals surface area contributed by atoms with Crippen molar-refractivity contribution >= 4 is 5.91 Å². The lowest BCUT2D eigenvalue weighted by atomic mass is 10.0. The lowest BCUT2D eigenvalue weighted by Crippen LogP contribution is -2.35. The number of nitriles is 1. The second kappa shape index (κ2) is 7.66. The van der Waals surface area contributed by atoms with Crippen LogP contribution in [-0.4, -0.2) is 31.4 Å². The van der Waals surface area contributed by atoms with Crippen LogP contribution >= 0.6 is 0 Å². The van der Waals surface area contributed by atoms with Gasteiger partial charge in [0.05, 0.1) is 17.7 Å². The molecule has 0 heterocycles. The summed E-state index contributed by atoms with van der Waals surface area (Å²) in [6, 6.07) is 11.1. The largest absolute Gasteiger partial charge is 0.350 e. The molecule has 24 heavy (non-hydrogen) atoms. The maximum absolute atomic E-state index is 14.0. The molecule has 6 heteroatoms.